The van der Waals surface area contributed by atoms with Gasteiger partial charge < -0.3 is 5.11 Å². The van der Waals surface area contributed by atoms with Crippen molar-refractivity contribution in [2.24, 2.45) is 0 Å². The lowest BCUT2D eigenvalue weighted by atomic mass is 9.99. The van der Waals surface area contributed by atoms with Crippen LogP contribution in [0.1, 0.15) is 31.2 Å². The van der Waals surface area contributed by atoms with E-state index in [1.807, 2.05) is 24.3 Å². The number of nitrogens with zero attached hydrogens (tertiary/aromatic N) is 1. The molecule has 1 N–H and O–H groups in total. The zero-order chi connectivity index (χ0) is 13.7. The number of carboxylic acids is 1. The van der Waals surface area contributed by atoms with Gasteiger partial charge in [-0.2, -0.15) is 0 Å². The van der Waals surface area contributed by atoms with Gasteiger partial charge in [0.25, 0.3) is 0 Å². The molecule has 1 atom stereocenters. The molecular weight excluding hydrogens is 262 g/mol. The minimum Gasteiger partial charge on any atom is -0.481 e. The minimum atomic E-state index is -0.718. The van der Waals surface area contributed by atoms with Crippen molar-refractivity contribution in [2.45, 2.75) is 38.1 Å². The average molecular weight is 282 g/mol. The Kier molecular flexibility index (Phi) is 5.23. The Morgan fingerprint density at radius 1 is 1.21 bits per heavy atom. The van der Waals surface area contributed by atoms with E-state index in [1.54, 1.807) is 0 Å². The highest BCUT2D eigenvalue weighted by molar-refractivity contribution is 6.30. The summed E-state index contributed by atoms with van der Waals surface area (Å²) in [5, 5.41) is 9.81. The lowest BCUT2D eigenvalue weighted by molar-refractivity contribution is -0.138. The molecule has 1 saturated heterocycles. The lowest BCUT2D eigenvalue weighted by Gasteiger charge is -2.34. The summed E-state index contributed by atoms with van der Waals surface area (Å²) in [5.74, 6) is -0.718. The summed E-state index contributed by atoms with van der Waals surface area (Å²) >= 11 is 5.88. The van der Waals surface area contributed by atoms with Gasteiger partial charge in [0.2, 0.25) is 0 Å². The Hall–Kier alpha value is -1.06. The van der Waals surface area contributed by atoms with Crippen LogP contribution < -0.4 is 0 Å². The Bertz CT molecular complexity index is 413. The van der Waals surface area contributed by atoms with Crippen LogP contribution in [0.15, 0.2) is 24.3 Å². The van der Waals surface area contributed by atoms with Gasteiger partial charge in [0, 0.05) is 11.1 Å². The third-order valence-electron chi connectivity index (χ3n) is 3.70. The molecule has 3 nitrogen and oxygen atoms in total. The van der Waals surface area contributed by atoms with Crippen molar-refractivity contribution in [2.75, 3.05) is 13.1 Å². The summed E-state index contributed by atoms with van der Waals surface area (Å²) < 4.78 is 0. The SMILES string of the molecule is O=C(O)CC(Cc1ccc(Cl)cc1)N1CCCCC1. The number of halogens is 1. The Labute approximate surface area is 119 Å². The van der Waals surface area contributed by atoms with Crippen molar-refractivity contribution < 1.29 is 9.90 Å². The summed E-state index contributed by atoms with van der Waals surface area (Å²) in [6, 6.07) is 7.80. The maximum atomic E-state index is 11.0. The van der Waals surface area contributed by atoms with Gasteiger partial charge in [0.05, 0.1) is 6.42 Å². The first-order chi connectivity index (χ1) is 9.15. The van der Waals surface area contributed by atoms with Crippen LogP contribution in [-0.4, -0.2) is 35.1 Å². The van der Waals surface area contributed by atoms with Crippen LogP contribution in [0.3, 0.4) is 0 Å². The fraction of sp³-hybridized carbons (Fsp3) is 0.533. The Morgan fingerprint density at radius 3 is 2.42 bits per heavy atom. The zero-order valence-corrected chi connectivity index (χ0v) is 11.8. The molecule has 1 aromatic carbocycles. The predicted molar refractivity (Wildman–Crippen MR) is 76.6 cm³/mol. The molecule has 19 heavy (non-hydrogen) atoms. The standard InChI is InChI=1S/C15H20ClNO2/c16-13-6-4-12(5-7-13)10-14(11-15(18)19)17-8-2-1-3-9-17/h4-7,14H,1-3,8-11H2,(H,18,19). The number of hydrogen-bond donors (Lipinski definition) is 1. The van der Waals surface area contributed by atoms with Gasteiger partial charge >= 0.3 is 5.97 Å². The smallest absolute Gasteiger partial charge is 0.304 e. The predicted octanol–water partition coefficient (Wildman–Crippen LogP) is 3.21. The van der Waals surface area contributed by atoms with E-state index < -0.39 is 5.97 Å². The third-order valence-corrected chi connectivity index (χ3v) is 3.95. The highest BCUT2D eigenvalue weighted by Gasteiger charge is 2.23. The van der Waals surface area contributed by atoms with E-state index in [1.165, 1.54) is 19.3 Å². The van der Waals surface area contributed by atoms with Crippen molar-refractivity contribution >= 4 is 17.6 Å². The molecule has 2 rings (SSSR count). The van der Waals surface area contributed by atoms with Crippen LogP contribution in [0.25, 0.3) is 0 Å². The van der Waals surface area contributed by atoms with E-state index in [-0.39, 0.29) is 12.5 Å². The van der Waals surface area contributed by atoms with Gasteiger partial charge in [-0.1, -0.05) is 30.2 Å². The second kappa shape index (κ2) is 6.92. The van der Waals surface area contributed by atoms with Gasteiger partial charge in [0.15, 0.2) is 0 Å². The van der Waals surface area contributed by atoms with E-state index in [4.69, 9.17) is 16.7 Å². The number of piperidine rings is 1. The lowest BCUT2D eigenvalue weighted by Crippen LogP contribution is -2.41. The minimum absolute atomic E-state index is 0.0963. The molecule has 1 aliphatic rings. The molecule has 0 bridgehead atoms. The molecule has 1 aliphatic heterocycles. The van der Waals surface area contributed by atoms with E-state index in [9.17, 15) is 4.79 Å². The highest BCUT2D eigenvalue weighted by Crippen LogP contribution is 2.19. The van der Waals surface area contributed by atoms with Crippen molar-refractivity contribution in [3.05, 3.63) is 34.9 Å². The molecule has 0 amide bonds. The number of rotatable bonds is 5. The summed E-state index contributed by atoms with van der Waals surface area (Å²) in [6.07, 6.45) is 4.61. The summed E-state index contributed by atoms with van der Waals surface area (Å²) in [5.41, 5.74) is 1.15. The second-order valence-electron chi connectivity index (χ2n) is 5.18. The van der Waals surface area contributed by atoms with E-state index in [2.05, 4.69) is 4.90 Å². The van der Waals surface area contributed by atoms with Gasteiger partial charge in [0.1, 0.15) is 0 Å². The fourth-order valence-corrected chi connectivity index (χ4v) is 2.83. The topological polar surface area (TPSA) is 40.5 Å². The van der Waals surface area contributed by atoms with E-state index in [0.717, 1.165) is 30.1 Å². The van der Waals surface area contributed by atoms with Crippen molar-refractivity contribution in [1.82, 2.24) is 4.90 Å². The van der Waals surface area contributed by atoms with Gasteiger partial charge in [-0.15, -0.1) is 0 Å². The molecule has 1 unspecified atom stereocenters. The van der Waals surface area contributed by atoms with Crippen LogP contribution >= 0.6 is 11.6 Å². The molecular formula is C15H20ClNO2. The van der Waals surface area contributed by atoms with Crippen molar-refractivity contribution in [3.63, 3.8) is 0 Å². The van der Waals surface area contributed by atoms with Crippen LogP contribution in [0.5, 0.6) is 0 Å². The molecule has 1 fully saturated rings. The fourth-order valence-electron chi connectivity index (χ4n) is 2.71. The molecule has 0 aromatic heterocycles. The first-order valence-electron chi connectivity index (χ1n) is 6.85. The number of carboxylic acid groups (broad SMARTS) is 1. The molecule has 1 aromatic rings. The zero-order valence-electron chi connectivity index (χ0n) is 11.0. The second-order valence-corrected chi connectivity index (χ2v) is 5.62. The monoisotopic (exact) mass is 281 g/mol. The normalized spacial score (nSPS) is 18.2. The molecule has 0 radical (unpaired) electrons. The summed E-state index contributed by atoms with van der Waals surface area (Å²) in [4.78, 5) is 13.4. The molecule has 0 saturated carbocycles. The van der Waals surface area contributed by atoms with Gasteiger partial charge in [-0.05, 0) is 50.0 Å². The molecule has 104 valence electrons. The first-order valence-corrected chi connectivity index (χ1v) is 7.23. The van der Waals surface area contributed by atoms with Crippen LogP contribution in [0.2, 0.25) is 5.02 Å². The Morgan fingerprint density at radius 2 is 1.84 bits per heavy atom. The molecule has 1 heterocycles. The van der Waals surface area contributed by atoms with Crippen molar-refractivity contribution in [3.8, 4) is 0 Å². The number of benzene rings is 1. The maximum Gasteiger partial charge on any atom is 0.304 e. The van der Waals surface area contributed by atoms with Gasteiger partial charge in [-0.3, -0.25) is 9.69 Å². The average Bonchev–Trinajstić information content (AvgIpc) is 2.41. The summed E-state index contributed by atoms with van der Waals surface area (Å²) in [7, 11) is 0. The quantitative estimate of drug-likeness (QED) is 0.901. The maximum absolute atomic E-state index is 11.0. The molecule has 0 spiro atoms. The summed E-state index contributed by atoms with van der Waals surface area (Å²) in [6.45, 7) is 2.04. The largest absolute Gasteiger partial charge is 0.481 e. The molecule has 0 aliphatic carbocycles. The van der Waals surface area contributed by atoms with Crippen LogP contribution in [-0.2, 0) is 11.2 Å². The molecule has 4 heteroatoms. The van der Waals surface area contributed by atoms with Crippen LogP contribution in [0.4, 0.5) is 0 Å². The third kappa shape index (κ3) is 4.51. The number of likely N-dealkylation sites (tertiary alicyclic amines) is 1. The highest BCUT2D eigenvalue weighted by atomic mass is 35.5. The van der Waals surface area contributed by atoms with Gasteiger partial charge in [-0.25, -0.2) is 0 Å². The number of hydrogen-bond acceptors (Lipinski definition) is 2. The number of aliphatic carboxylic acids is 1. The van der Waals surface area contributed by atoms with E-state index in [0.29, 0.717) is 0 Å². The van der Waals surface area contributed by atoms with Crippen LogP contribution in [0, 0.1) is 0 Å². The number of carbonyl (C=O) groups is 1. The van der Waals surface area contributed by atoms with E-state index >= 15 is 0 Å². The Balaban J connectivity index is 2.03. The first kappa shape index (κ1) is 14.4. The van der Waals surface area contributed by atoms with Crippen molar-refractivity contribution in [1.29, 1.82) is 0 Å².